The van der Waals surface area contributed by atoms with Crippen molar-refractivity contribution in [3.63, 3.8) is 0 Å². The first-order valence-electron chi connectivity index (χ1n) is 10.2. The van der Waals surface area contributed by atoms with Crippen molar-refractivity contribution in [3.05, 3.63) is 30.1 Å². The molecule has 2 heterocycles. The number of benzene rings is 1. The number of hydrogen-bond donors (Lipinski definition) is 1. The van der Waals surface area contributed by atoms with E-state index in [1.165, 1.54) is 37.7 Å². The highest BCUT2D eigenvalue weighted by atomic mass is 32.2. The third kappa shape index (κ3) is 6.21. The van der Waals surface area contributed by atoms with Gasteiger partial charge in [-0.05, 0) is 76.0 Å². The van der Waals surface area contributed by atoms with Crippen molar-refractivity contribution >= 4 is 17.7 Å². The number of carbonyl (C=O) groups is 1. The number of likely N-dealkylation sites (tertiary alicyclic amines) is 1. The lowest BCUT2D eigenvalue weighted by Gasteiger charge is -2.30. The molecule has 0 bridgehead atoms. The Labute approximate surface area is 177 Å². The molecular weight excluding hydrogens is 386 g/mol. The number of thioether (sulfide) groups is 1. The van der Waals surface area contributed by atoms with E-state index in [9.17, 15) is 4.79 Å². The minimum atomic E-state index is 0.0317. The van der Waals surface area contributed by atoms with Crippen LogP contribution in [0.4, 0.5) is 0 Å². The Kier molecular flexibility index (Phi) is 7.94. The van der Waals surface area contributed by atoms with Gasteiger partial charge in [0, 0.05) is 12.2 Å². The molecule has 0 aliphatic carbocycles. The lowest BCUT2D eigenvalue weighted by atomic mass is 9.99. The lowest BCUT2D eigenvalue weighted by molar-refractivity contribution is -0.118. The average molecular weight is 418 g/mol. The number of ether oxygens (including phenoxy) is 1. The summed E-state index contributed by atoms with van der Waals surface area (Å²) >= 11 is 1.40. The standard InChI is InChI=1S/C21H31N5O2S/c1-16-9-13-25(14-10-16)12-4-11-22-20(27)15-29-21-24-23-17(2)26(21)18-5-7-19(28-3)8-6-18/h5-8,16H,4,9-15H2,1-3H3,(H,22,27). The molecule has 1 fully saturated rings. The number of nitrogens with zero attached hydrogens (tertiary/aromatic N) is 4. The minimum Gasteiger partial charge on any atom is -0.497 e. The molecule has 0 spiro atoms. The van der Waals surface area contributed by atoms with Crippen LogP contribution < -0.4 is 10.1 Å². The lowest BCUT2D eigenvalue weighted by Crippen LogP contribution is -2.35. The van der Waals surface area contributed by atoms with Gasteiger partial charge in [-0.25, -0.2) is 0 Å². The van der Waals surface area contributed by atoms with E-state index >= 15 is 0 Å². The van der Waals surface area contributed by atoms with Gasteiger partial charge in [0.1, 0.15) is 11.6 Å². The Morgan fingerprint density at radius 2 is 1.97 bits per heavy atom. The van der Waals surface area contributed by atoms with Crippen molar-refractivity contribution in [1.82, 2.24) is 25.0 Å². The first kappa shape index (κ1) is 21.6. The van der Waals surface area contributed by atoms with Gasteiger partial charge in [0.2, 0.25) is 5.91 Å². The van der Waals surface area contributed by atoms with E-state index < -0.39 is 0 Å². The maximum Gasteiger partial charge on any atom is 0.230 e. The Morgan fingerprint density at radius 1 is 1.24 bits per heavy atom. The number of aryl methyl sites for hydroxylation is 1. The molecule has 1 N–H and O–H groups in total. The molecular formula is C21H31N5O2S. The monoisotopic (exact) mass is 417 g/mol. The first-order valence-corrected chi connectivity index (χ1v) is 11.2. The van der Waals surface area contributed by atoms with Crippen LogP contribution in [-0.2, 0) is 4.79 Å². The van der Waals surface area contributed by atoms with Crippen LogP contribution in [0.3, 0.4) is 0 Å². The van der Waals surface area contributed by atoms with Crippen molar-refractivity contribution < 1.29 is 9.53 Å². The van der Waals surface area contributed by atoms with E-state index in [0.717, 1.165) is 42.7 Å². The smallest absolute Gasteiger partial charge is 0.230 e. The molecule has 1 aliphatic rings. The quantitative estimate of drug-likeness (QED) is 0.500. The zero-order valence-electron chi connectivity index (χ0n) is 17.6. The number of nitrogens with one attached hydrogen (secondary N) is 1. The molecule has 1 amide bonds. The number of hydrogen-bond acceptors (Lipinski definition) is 6. The van der Waals surface area contributed by atoms with Gasteiger partial charge in [0.15, 0.2) is 5.16 Å². The Balaban J connectivity index is 1.43. The van der Waals surface area contributed by atoms with Crippen molar-refractivity contribution in [2.24, 2.45) is 5.92 Å². The number of rotatable bonds is 9. The molecule has 0 saturated carbocycles. The van der Waals surface area contributed by atoms with Crippen molar-refractivity contribution in [1.29, 1.82) is 0 Å². The minimum absolute atomic E-state index is 0.0317. The molecule has 0 unspecified atom stereocenters. The normalized spacial score (nSPS) is 15.4. The molecule has 2 aromatic rings. The Bertz CT molecular complexity index is 785. The van der Waals surface area contributed by atoms with E-state index in [1.54, 1.807) is 7.11 Å². The van der Waals surface area contributed by atoms with Crippen LogP contribution in [0.25, 0.3) is 5.69 Å². The maximum atomic E-state index is 12.2. The zero-order valence-corrected chi connectivity index (χ0v) is 18.4. The molecule has 158 valence electrons. The second-order valence-electron chi connectivity index (χ2n) is 7.58. The van der Waals surface area contributed by atoms with Gasteiger partial charge in [-0.1, -0.05) is 18.7 Å². The second kappa shape index (κ2) is 10.6. The first-order chi connectivity index (χ1) is 14.1. The molecule has 29 heavy (non-hydrogen) atoms. The van der Waals surface area contributed by atoms with Crippen molar-refractivity contribution in [2.75, 3.05) is 39.0 Å². The summed E-state index contributed by atoms with van der Waals surface area (Å²) in [6.45, 7) is 8.38. The predicted octanol–water partition coefficient (Wildman–Crippen LogP) is 2.91. The van der Waals surface area contributed by atoms with Crippen LogP contribution in [0.5, 0.6) is 5.75 Å². The highest BCUT2D eigenvalue weighted by Gasteiger charge is 2.16. The van der Waals surface area contributed by atoms with Gasteiger partial charge < -0.3 is 15.0 Å². The van der Waals surface area contributed by atoms with Gasteiger partial charge in [-0.3, -0.25) is 9.36 Å². The van der Waals surface area contributed by atoms with Crippen molar-refractivity contribution in [2.45, 2.75) is 38.3 Å². The van der Waals surface area contributed by atoms with Gasteiger partial charge in [-0.15, -0.1) is 10.2 Å². The summed E-state index contributed by atoms with van der Waals surface area (Å²) in [4.78, 5) is 14.7. The number of piperidine rings is 1. The van der Waals surface area contributed by atoms with Crippen LogP contribution in [-0.4, -0.2) is 64.6 Å². The largest absolute Gasteiger partial charge is 0.497 e. The summed E-state index contributed by atoms with van der Waals surface area (Å²) in [5.74, 6) is 2.80. The molecule has 1 saturated heterocycles. The average Bonchev–Trinajstić information content (AvgIpc) is 3.11. The summed E-state index contributed by atoms with van der Waals surface area (Å²) in [6.07, 6.45) is 3.57. The number of aromatic nitrogens is 3. The second-order valence-corrected chi connectivity index (χ2v) is 8.52. The fraction of sp³-hybridized carbons (Fsp3) is 0.571. The summed E-state index contributed by atoms with van der Waals surface area (Å²) in [5.41, 5.74) is 0.951. The number of amides is 1. The Morgan fingerprint density at radius 3 is 2.66 bits per heavy atom. The van der Waals surface area contributed by atoms with Crippen molar-refractivity contribution in [3.8, 4) is 11.4 Å². The molecule has 7 nitrogen and oxygen atoms in total. The highest BCUT2D eigenvalue weighted by molar-refractivity contribution is 7.99. The SMILES string of the molecule is COc1ccc(-n2c(C)nnc2SCC(=O)NCCCN2CCC(C)CC2)cc1. The number of carbonyl (C=O) groups excluding carboxylic acids is 1. The van der Waals surface area contributed by atoms with Crippen LogP contribution in [0.1, 0.15) is 32.0 Å². The highest BCUT2D eigenvalue weighted by Crippen LogP contribution is 2.23. The fourth-order valence-electron chi connectivity index (χ4n) is 3.46. The third-order valence-electron chi connectivity index (χ3n) is 5.31. The zero-order chi connectivity index (χ0) is 20.6. The third-order valence-corrected chi connectivity index (χ3v) is 6.24. The van der Waals surface area contributed by atoms with Gasteiger partial charge in [0.25, 0.3) is 0 Å². The molecule has 1 aromatic carbocycles. The van der Waals surface area contributed by atoms with E-state index in [1.807, 2.05) is 35.8 Å². The molecule has 3 rings (SSSR count). The predicted molar refractivity (Wildman–Crippen MR) is 116 cm³/mol. The number of methoxy groups -OCH3 is 1. The summed E-state index contributed by atoms with van der Waals surface area (Å²) < 4.78 is 7.17. The van der Waals surface area contributed by atoms with Crippen LogP contribution in [0.15, 0.2) is 29.4 Å². The van der Waals surface area contributed by atoms with Gasteiger partial charge in [0.05, 0.1) is 12.9 Å². The molecule has 0 atom stereocenters. The van der Waals surface area contributed by atoms with E-state index in [4.69, 9.17) is 4.74 Å². The Hall–Kier alpha value is -2.06. The van der Waals surface area contributed by atoms with E-state index in [0.29, 0.717) is 10.9 Å². The summed E-state index contributed by atoms with van der Waals surface area (Å²) in [5, 5.41) is 12.1. The van der Waals surface area contributed by atoms with Crippen LogP contribution >= 0.6 is 11.8 Å². The van der Waals surface area contributed by atoms with Gasteiger partial charge in [-0.2, -0.15) is 0 Å². The van der Waals surface area contributed by atoms with Crippen LogP contribution in [0, 0.1) is 12.8 Å². The maximum absolute atomic E-state index is 12.2. The summed E-state index contributed by atoms with van der Waals surface area (Å²) in [7, 11) is 1.64. The van der Waals surface area contributed by atoms with Gasteiger partial charge >= 0.3 is 0 Å². The van der Waals surface area contributed by atoms with E-state index in [2.05, 4.69) is 27.3 Å². The molecule has 8 heteroatoms. The molecule has 0 radical (unpaired) electrons. The molecule has 1 aliphatic heterocycles. The topological polar surface area (TPSA) is 72.3 Å². The van der Waals surface area contributed by atoms with E-state index in [-0.39, 0.29) is 5.91 Å². The summed E-state index contributed by atoms with van der Waals surface area (Å²) in [6, 6.07) is 7.72. The fourth-order valence-corrected chi connectivity index (χ4v) is 4.29. The molecule has 1 aromatic heterocycles. The van der Waals surface area contributed by atoms with Crippen LogP contribution in [0.2, 0.25) is 0 Å².